The Bertz CT molecular complexity index is 423. The van der Waals surface area contributed by atoms with Crippen LogP contribution in [0.4, 0.5) is 0 Å². The van der Waals surface area contributed by atoms with Crippen molar-refractivity contribution >= 4 is 5.97 Å². The molecular weight excluding hydrogens is 272 g/mol. The van der Waals surface area contributed by atoms with Crippen molar-refractivity contribution in [1.29, 1.82) is 0 Å². The minimum atomic E-state index is -0.785. The summed E-state index contributed by atoms with van der Waals surface area (Å²) >= 11 is 0. The van der Waals surface area contributed by atoms with Gasteiger partial charge in [-0.15, -0.1) is 0 Å². The summed E-state index contributed by atoms with van der Waals surface area (Å²) in [6, 6.07) is 0. The van der Waals surface area contributed by atoms with E-state index in [1.54, 1.807) is 13.2 Å². The van der Waals surface area contributed by atoms with E-state index in [1.807, 2.05) is 20.8 Å². The number of carbonyl (C=O) groups is 1. The molecule has 0 aromatic rings. The van der Waals surface area contributed by atoms with Crippen molar-refractivity contribution in [3.63, 3.8) is 0 Å². The first-order valence-electron chi connectivity index (χ1n) is 7.53. The monoisotopic (exact) mass is 298 g/mol. The maximum absolute atomic E-state index is 11.9. The molecule has 1 aliphatic heterocycles. The number of hydrogen-bond acceptors (Lipinski definition) is 5. The number of ether oxygens (including phenoxy) is 4. The zero-order valence-corrected chi connectivity index (χ0v) is 13.6. The van der Waals surface area contributed by atoms with Crippen LogP contribution >= 0.6 is 0 Å². The molecule has 0 N–H and O–H groups in total. The van der Waals surface area contributed by atoms with Gasteiger partial charge in [0, 0.05) is 13.5 Å². The van der Waals surface area contributed by atoms with E-state index >= 15 is 0 Å². The van der Waals surface area contributed by atoms with Crippen molar-refractivity contribution in [2.45, 2.75) is 63.9 Å². The second kappa shape index (κ2) is 5.97. The van der Waals surface area contributed by atoms with Gasteiger partial charge in [0.1, 0.15) is 0 Å². The van der Waals surface area contributed by atoms with Gasteiger partial charge in [-0.3, -0.25) is 0 Å². The molecule has 1 aliphatic carbocycles. The number of rotatable bonds is 3. The van der Waals surface area contributed by atoms with Crippen LogP contribution < -0.4 is 0 Å². The van der Waals surface area contributed by atoms with Gasteiger partial charge in [-0.25, -0.2) is 4.79 Å². The maximum Gasteiger partial charge on any atom is 0.373 e. The molecule has 1 fully saturated rings. The van der Waals surface area contributed by atoms with Gasteiger partial charge in [0.05, 0.1) is 24.7 Å². The first kappa shape index (κ1) is 16.3. The normalized spacial score (nSPS) is 32.7. The van der Waals surface area contributed by atoms with Crippen molar-refractivity contribution < 1.29 is 23.7 Å². The van der Waals surface area contributed by atoms with Crippen molar-refractivity contribution in [2.24, 2.45) is 5.92 Å². The van der Waals surface area contributed by atoms with E-state index in [9.17, 15) is 4.79 Å². The highest BCUT2D eigenvalue weighted by Crippen LogP contribution is 2.45. The summed E-state index contributed by atoms with van der Waals surface area (Å²) < 4.78 is 22.6. The van der Waals surface area contributed by atoms with Gasteiger partial charge in [-0.1, -0.05) is 6.42 Å². The number of carbonyl (C=O) groups excluding carboxylic acids is 1. The van der Waals surface area contributed by atoms with Crippen molar-refractivity contribution in [3.05, 3.63) is 11.8 Å². The average molecular weight is 298 g/mol. The Labute approximate surface area is 126 Å². The van der Waals surface area contributed by atoms with Gasteiger partial charge in [0.25, 0.3) is 0 Å². The van der Waals surface area contributed by atoms with E-state index in [4.69, 9.17) is 18.9 Å². The van der Waals surface area contributed by atoms with Crippen LogP contribution in [0.25, 0.3) is 0 Å². The van der Waals surface area contributed by atoms with E-state index < -0.39 is 11.8 Å². The number of hydrogen-bond donors (Lipinski definition) is 0. The lowest BCUT2D eigenvalue weighted by atomic mass is 9.77. The first-order valence-corrected chi connectivity index (χ1v) is 7.53. The fourth-order valence-electron chi connectivity index (χ4n) is 3.20. The fourth-order valence-corrected chi connectivity index (χ4v) is 3.20. The quantitative estimate of drug-likeness (QED) is 0.750. The van der Waals surface area contributed by atoms with Gasteiger partial charge in [-0.05, 0) is 39.7 Å². The highest BCUT2D eigenvalue weighted by molar-refractivity contribution is 5.86. The second-order valence-corrected chi connectivity index (χ2v) is 6.69. The van der Waals surface area contributed by atoms with Crippen molar-refractivity contribution in [3.8, 4) is 0 Å². The van der Waals surface area contributed by atoms with Crippen LogP contribution in [0, 0.1) is 5.92 Å². The standard InChI is InChI=1S/C16H26O5/c1-15(2,3)20-12-10-13(14(17)18-4)21-16(19-5)9-7-6-8-11(12)16/h10-12H,6-9H2,1-5H3/t11-,12-,16-/m0/s1. The van der Waals surface area contributed by atoms with E-state index in [-0.39, 0.29) is 23.4 Å². The molecule has 5 nitrogen and oxygen atoms in total. The van der Waals surface area contributed by atoms with Crippen LogP contribution in [0.2, 0.25) is 0 Å². The van der Waals surface area contributed by atoms with Crippen LogP contribution in [-0.2, 0) is 23.7 Å². The predicted molar refractivity (Wildman–Crippen MR) is 77.5 cm³/mol. The fraction of sp³-hybridized carbons (Fsp3) is 0.812. The van der Waals surface area contributed by atoms with Gasteiger partial charge in [0.2, 0.25) is 11.5 Å². The summed E-state index contributed by atoms with van der Waals surface area (Å²) in [5, 5.41) is 0. The van der Waals surface area contributed by atoms with E-state index in [0.29, 0.717) is 0 Å². The van der Waals surface area contributed by atoms with Gasteiger partial charge in [0.15, 0.2) is 0 Å². The lowest BCUT2D eigenvalue weighted by Gasteiger charge is -2.48. The molecule has 0 saturated heterocycles. The zero-order chi connectivity index (χ0) is 15.7. The van der Waals surface area contributed by atoms with Crippen molar-refractivity contribution in [2.75, 3.05) is 14.2 Å². The third kappa shape index (κ3) is 3.40. The largest absolute Gasteiger partial charge is 0.463 e. The Morgan fingerprint density at radius 2 is 2.05 bits per heavy atom. The number of fused-ring (bicyclic) bond motifs is 1. The van der Waals surface area contributed by atoms with Crippen LogP contribution in [0.3, 0.4) is 0 Å². The second-order valence-electron chi connectivity index (χ2n) is 6.69. The minimum absolute atomic E-state index is 0.0869. The third-order valence-electron chi connectivity index (χ3n) is 4.07. The van der Waals surface area contributed by atoms with E-state index in [0.717, 1.165) is 25.7 Å². The molecule has 2 rings (SSSR count). The van der Waals surface area contributed by atoms with Gasteiger partial charge >= 0.3 is 5.97 Å². The summed E-state index contributed by atoms with van der Waals surface area (Å²) in [5.74, 6) is -1.000. The molecule has 2 aliphatic rings. The molecule has 120 valence electrons. The minimum Gasteiger partial charge on any atom is -0.463 e. The molecule has 0 radical (unpaired) electrons. The highest BCUT2D eigenvalue weighted by Gasteiger charge is 2.52. The smallest absolute Gasteiger partial charge is 0.373 e. The summed E-state index contributed by atoms with van der Waals surface area (Å²) in [6.07, 6.45) is 5.37. The summed E-state index contributed by atoms with van der Waals surface area (Å²) in [6.45, 7) is 6.02. The maximum atomic E-state index is 11.9. The molecule has 0 amide bonds. The molecular formula is C16H26O5. The molecule has 1 heterocycles. The molecule has 0 unspecified atom stereocenters. The molecule has 5 heteroatoms. The molecule has 21 heavy (non-hydrogen) atoms. The van der Waals surface area contributed by atoms with E-state index in [1.165, 1.54) is 7.11 Å². The summed E-state index contributed by atoms with van der Waals surface area (Å²) in [7, 11) is 2.98. The molecule has 3 atom stereocenters. The van der Waals surface area contributed by atoms with Gasteiger partial charge < -0.3 is 18.9 Å². The summed E-state index contributed by atoms with van der Waals surface area (Å²) in [5.41, 5.74) is -0.309. The highest BCUT2D eigenvalue weighted by atomic mass is 16.7. The molecule has 0 aromatic heterocycles. The molecule has 1 saturated carbocycles. The topological polar surface area (TPSA) is 54.0 Å². The Hall–Kier alpha value is -1.07. The lowest BCUT2D eigenvalue weighted by Crippen LogP contribution is -2.54. The van der Waals surface area contributed by atoms with Crippen LogP contribution in [0.1, 0.15) is 46.5 Å². The molecule has 0 bridgehead atoms. The Morgan fingerprint density at radius 3 is 2.62 bits per heavy atom. The Balaban J connectivity index is 2.36. The number of methoxy groups -OCH3 is 2. The number of esters is 1. The SMILES string of the molecule is COC(=O)C1=C[C@H](OC(C)(C)C)[C@@H]2CCCC[C@]2(OC)O1. The summed E-state index contributed by atoms with van der Waals surface area (Å²) in [4.78, 5) is 11.9. The molecule has 0 aromatic carbocycles. The molecule has 0 spiro atoms. The lowest BCUT2D eigenvalue weighted by molar-refractivity contribution is -0.281. The average Bonchev–Trinajstić information content (AvgIpc) is 2.44. The Morgan fingerprint density at radius 1 is 1.33 bits per heavy atom. The Kier molecular flexibility index (Phi) is 4.63. The van der Waals surface area contributed by atoms with Crippen LogP contribution in [0.5, 0.6) is 0 Å². The first-order chi connectivity index (χ1) is 9.81. The van der Waals surface area contributed by atoms with Gasteiger partial charge in [-0.2, -0.15) is 0 Å². The third-order valence-corrected chi connectivity index (χ3v) is 4.07. The predicted octanol–water partition coefficient (Wildman–Crippen LogP) is 2.79. The zero-order valence-electron chi connectivity index (χ0n) is 13.6. The van der Waals surface area contributed by atoms with E-state index in [2.05, 4.69) is 0 Å². The van der Waals surface area contributed by atoms with Crippen LogP contribution in [0.15, 0.2) is 11.8 Å². The van der Waals surface area contributed by atoms with Crippen molar-refractivity contribution in [1.82, 2.24) is 0 Å². The van der Waals surface area contributed by atoms with Crippen LogP contribution in [-0.4, -0.2) is 37.7 Å².